The Morgan fingerprint density at radius 1 is 1.41 bits per heavy atom. The summed E-state index contributed by atoms with van der Waals surface area (Å²) in [6, 6.07) is -0.0860. The van der Waals surface area contributed by atoms with E-state index in [0.717, 1.165) is 25.8 Å². The number of amides is 1. The topological polar surface area (TPSA) is 59.1 Å². The van der Waals surface area contributed by atoms with E-state index in [4.69, 9.17) is 9.47 Å². The molecule has 6 heteroatoms. The number of likely N-dealkylation sites (N-methyl/N-ethyl adjacent to an activating group) is 1. The van der Waals surface area contributed by atoms with Crippen LogP contribution in [0.4, 0.5) is 4.79 Å². The second-order valence-corrected chi connectivity index (χ2v) is 7.38. The van der Waals surface area contributed by atoms with E-state index in [1.165, 1.54) is 0 Å². The van der Waals surface area contributed by atoms with Crippen molar-refractivity contribution in [3.63, 3.8) is 0 Å². The first kappa shape index (κ1) is 17.1. The van der Waals surface area contributed by atoms with Crippen molar-refractivity contribution in [3.05, 3.63) is 0 Å². The minimum absolute atomic E-state index is 0.0125. The Kier molecular flexibility index (Phi) is 5.00. The molecule has 1 amide bonds. The molecule has 3 atom stereocenters. The Hall–Kier alpha value is -1.30. The lowest BCUT2D eigenvalue weighted by Gasteiger charge is -2.39. The molecule has 2 saturated heterocycles. The summed E-state index contributed by atoms with van der Waals surface area (Å²) in [6.45, 7) is 9.09. The molecule has 0 radical (unpaired) electrons. The second-order valence-electron chi connectivity index (χ2n) is 7.38. The van der Waals surface area contributed by atoms with Gasteiger partial charge in [0.15, 0.2) is 0 Å². The van der Waals surface area contributed by atoms with Crippen molar-refractivity contribution < 1.29 is 19.1 Å². The van der Waals surface area contributed by atoms with E-state index < -0.39 is 5.60 Å². The first-order valence-electron chi connectivity index (χ1n) is 8.08. The summed E-state index contributed by atoms with van der Waals surface area (Å²) >= 11 is 0. The predicted molar refractivity (Wildman–Crippen MR) is 82.6 cm³/mol. The molecular weight excluding hydrogens is 284 g/mol. The Bertz CT molecular complexity index is 432. The highest BCUT2D eigenvalue weighted by atomic mass is 16.6. The average molecular weight is 312 g/mol. The summed E-state index contributed by atoms with van der Waals surface area (Å²) in [7, 11) is 1.78. The van der Waals surface area contributed by atoms with Crippen molar-refractivity contribution in [1.82, 2.24) is 9.80 Å². The number of nitrogens with zero attached hydrogens (tertiary/aromatic N) is 2. The molecule has 0 spiro atoms. The van der Waals surface area contributed by atoms with E-state index in [1.807, 2.05) is 27.7 Å². The lowest BCUT2D eigenvalue weighted by molar-refractivity contribution is -0.145. The standard InChI is InChI=1S/C16H28N2O4/c1-11-9-13(14(19)21-11)18-8-6-7-12(10-18)17(5)15(20)22-16(2,3)4/h11-13H,6-10H2,1-5H3. The SMILES string of the molecule is CC1CC(N2CCCC(N(C)C(=O)OC(C)(C)C)C2)C(=O)O1. The molecule has 126 valence electrons. The third-order valence-electron chi connectivity index (χ3n) is 4.24. The van der Waals surface area contributed by atoms with Crippen molar-refractivity contribution in [1.29, 1.82) is 0 Å². The number of piperidine rings is 1. The molecule has 0 saturated carbocycles. The number of rotatable bonds is 2. The van der Waals surface area contributed by atoms with Crippen LogP contribution in [-0.4, -0.2) is 65.8 Å². The van der Waals surface area contributed by atoms with Crippen LogP contribution in [0.3, 0.4) is 0 Å². The first-order chi connectivity index (χ1) is 10.2. The quantitative estimate of drug-likeness (QED) is 0.730. The molecule has 2 fully saturated rings. The maximum Gasteiger partial charge on any atom is 0.410 e. The van der Waals surface area contributed by atoms with Gasteiger partial charge in [-0.1, -0.05) is 0 Å². The van der Waals surface area contributed by atoms with Crippen LogP contribution in [0.25, 0.3) is 0 Å². The van der Waals surface area contributed by atoms with Gasteiger partial charge in [0, 0.05) is 26.1 Å². The summed E-state index contributed by atoms with van der Waals surface area (Å²) in [5, 5.41) is 0. The lowest BCUT2D eigenvalue weighted by atomic mass is 10.0. The van der Waals surface area contributed by atoms with Crippen molar-refractivity contribution in [2.75, 3.05) is 20.1 Å². The summed E-state index contributed by atoms with van der Waals surface area (Å²) in [6.07, 6.45) is 2.32. The molecule has 2 rings (SSSR count). The van der Waals surface area contributed by atoms with Gasteiger partial charge in [0.05, 0.1) is 0 Å². The number of carbonyl (C=O) groups excluding carboxylic acids is 2. The van der Waals surface area contributed by atoms with Crippen molar-refractivity contribution in [2.24, 2.45) is 0 Å². The number of cyclic esters (lactones) is 1. The molecule has 0 aromatic heterocycles. The molecule has 2 aliphatic rings. The van der Waals surface area contributed by atoms with E-state index in [9.17, 15) is 9.59 Å². The van der Waals surface area contributed by atoms with Gasteiger partial charge in [0.2, 0.25) is 0 Å². The molecule has 0 aliphatic carbocycles. The van der Waals surface area contributed by atoms with Gasteiger partial charge in [0.1, 0.15) is 17.7 Å². The van der Waals surface area contributed by atoms with Crippen LogP contribution in [0.2, 0.25) is 0 Å². The highest BCUT2D eigenvalue weighted by molar-refractivity contribution is 5.78. The van der Waals surface area contributed by atoms with Crippen molar-refractivity contribution >= 4 is 12.1 Å². The third-order valence-corrected chi connectivity index (χ3v) is 4.24. The zero-order valence-electron chi connectivity index (χ0n) is 14.3. The first-order valence-corrected chi connectivity index (χ1v) is 8.08. The zero-order chi connectivity index (χ0) is 16.5. The molecule has 0 bridgehead atoms. The summed E-state index contributed by atoms with van der Waals surface area (Å²) in [5.74, 6) is -0.131. The Balaban J connectivity index is 1.95. The fourth-order valence-electron chi connectivity index (χ4n) is 3.10. The van der Waals surface area contributed by atoms with Crippen LogP contribution in [0, 0.1) is 0 Å². The maximum absolute atomic E-state index is 12.2. The third kappa shape index (κ3) is 4.12. The summed E-state index contributed by atoms with van der Waals surface area (Å²) in [5.41, 5.74) is -0.496. The summed E-state index contributed by atoms with van der Waals surface area (Å²) < 4.78 is 10.7. The van der Waals surface area contributed by atoms with Crippen LogP contribution in [0.5, 0.6) is 0 Å². The van der Waals surface area contributed by atoms with E-state index in [0.29, 0.717) is 6.54 Å². The molecule has 22 heavy (non-hydrogen) atoms. The monoisotopic (exact) mass is 312 g/mol. The van der Waals surface area contributed by atoms with Gasteiger partial charge in [-0.2, -0.15) is 0 Å². The van der Waals surface area contributed by atoms with Gasteiger partial charge in [-0.3, -0.25) is 9.69 Å². The number of ether oxygens (including phenoxy) is 2. The van der Waals surface area contributed by atoms with Crippen LogP contribution in [-0.2, 0) is 14.3 Å². The molecule has 0 aromatic rings. The van der Waals surface area contributed by atoms with Gasteiger partial charge in [-0.05, 0) is 47.1 Å². The van der Waals surface area contributed by atoms with Gasteiger partial charge in [0.25, 0.3) is 0 Å². The summed E-state index contributed by atoms with van der Waals surface area (Å²) in [4.78, 5) is 27.9. The van der Waals surface area contributed by atoms with Crippen molar-refractivity contribution in [3.8, 4) is 0 Å². The van der Waals surface area contributed by atoms with Crippen molar-refractivity contribution in [2.45, 2.75) is 70.7 Å². The highest BCUT2D eigenvalue weighted by Gasteiger charge is 2.39. The van der Waals surface area contributed by atoms with Gasteiger partial charge in [-0.25, -0.2) is 4.79 Å². The molecule has 3 unspecified atom stereocenters. The van der Waals surface area contributed by atoms with E-state index >= 15 is 0 Å². The number of hydrogen-bond acceptors (Lipinski definition) is 5. The molecule has 2 heterocycles. The van der Waals surface area contributed by atoms with E-state index in [2.05, 4.69) is 4.90 Å². The smallest absolute Gasteiger partial charge is 0.410 e. The van der Waals surface area contributed by atoms with Gasteiger partial charge >= 0.3 is 12.1 Å². The Morgan fingerprint density at radius 2 is 2.09 bits per heavy atom. The highest BCUT2D eigenvalue weighted by Crippen LogP contribution is 2.25. The van der Waals surface area contributed by atoms with Crippen LogP contribution in [0.1, 0.15) is 47.0 Å². The largest absolute Gasteiger partial charge is 0.461 e. The van der Waals surface area contributed by atoms with Gasteiger partial charge in [-0.15, -0.1) is 0 Å². The fourth-order valence-corrected chi connectivity index (χ4v) is 3.10. The normalized spacial score (nSPS) is 30.0. The van der Waals surface area contributed by atoms with E-state index in [1.54, 1.807) is 11.9 Å². The van der Waals surface area contributed by atoms with Crippen LogP contribution in [0.15, 0.2) is 0 Å². The molecule has 0 N–H and O–H groups in total. The Morgan fingerprint density at radius 3 is 2.64 bits per heavy atom. The number of esters is 1. The molecular formula is C16H28N2O4. The maximum atomic E-state index is 12.2. The van der Waals surface area contributed by atoms with E-state index in [-0.39, 0.29) is 30.3 Å². The Labute approximate surface area is 132 Å². The van der Waals surface area contributed by atoms with Gasteiger partial charge < -0.3 is 14.4 Å². The zero-order valence-corrected chi connectivity index (χ0v) is 14.3. The molecule has 0 aromatic carbocycles. The fraction of sp³-hybridized carbons (Fsp3) is 0.875. The average Bonchev–Trinajstić information content (AvgIpc) is 2.75. The second kappa shape index (κ2) is 6.44. The molecule has 2 aliphatic heterocycles. The van der Waals surface area contributed by atoms with Crippen LogP contribution < -0.4 is 0 Å². The predicted octanol–water partition coefficient (Wildman–Crippen LogP) is 2.02. The number of likely N-dealkylation sites (tertiary alicyclic amines) is 1. The minimum atomic E-state index is -0.496. The number of carbonyl (C=O) groups is 2. The minimum Gasteiger partial charge on any atom is -0.461 e. The lowest BCUT2D eigenvalue weighted by Crippen LogP contribution is -2.53. The van der Waals surface area contributed by atoms with Crippen LogP contribution >= 0.6 is 0 Å². The molecule has 6 nitrogen and oxygen atoms in total. The number of hydrogen-bond donors (Lipinski definition) is 0.